The normalized spacial score (nSPS) is 16.1. The second kappa shape index (κ2) is 6.46. The van der Waals surface area contributed by atoms with Crippen molar-refractivity contribution in [2.24, 2.45) is 17.6 Å². The summed E-state index contributed by atoms with van der Waals surface area (Å²) in [7, 11) is 0. The van der Waals surface area contributed by atoms with Crippen LogP contribution >= 0.6 is 0 Å². The first kappa shape index (κ1) is 13.0. The van der Waals surface area contributed by atoms with Crippen LogP contribution in [0, 0.1) is 11.8 Å². The third-order valence-corrected chi connectivity index (χ3v) is 2.59. The Morgan fingerprint density at radius 3 is 2.43 bits per heavy atom. The van der Waals surface area contributed by atoms with Crippen LogP contribution in [0.15, 0.2) is 11.8 Å². The SMILES string of the molecule is CCOC(=O)/C=C(/N)[C@H](C)[C@H](C)CC. The Labute approximate surface area is 86.3 Å². The Hall–Kier alpha value is -0.990. The van der Waals surface area contributed by atoms with E-state index in [9.17, 15) is 4.79 Å². The monoisotopic (exact) mass is 199 g/mol. The summed E-state index contributed by atoms with van der Waals surface area (Å²) in [5.41, 5.74) is 6.39. The van der Waals surface area contributed by atoms with E-state index in [4.69, 9.17) is 10.5 Å². The van der Waals surface area contributed by atoms with Gasteiger partial charge < -0.3 is 10.5 Å². The van der Waals surface area contributed by atoms with Crippen molar-refractivity contribution in [3.63, 3.8) is 0 Å². The zero-order valence-electron chi connectivity index (χ0n) is 9.54. The lowest BCUT2D eigenvalue weighted by Gasteiger charge is -2.18. The van der Waals surface area contributed by atoms with Gasteiger partial charge in [0, 0.05) is 11.8 Å². The van der Waals surface area contributed by atoms with Crippen LogP contribution < -0.4 is 5.73 Å². The average Bonchev–Trinajstić information content (AvgIpc) is 2.15. The van der Waals surface area contributed by atoms with Crippen LogP contribution in [0.2, 0.25) is 0 Å². The van der Waals surface area contributed by atoms with E-state index in [1.807, 2.05) is 6.92 Å². The first-order valence-electron chi connectivity index (χ1n) is 5.16. The molecule has 0 amide bonds. The number of nitrogens with two attached hydrogens (primary N) is 1. The Kier molecular flexibility index (Phi) is 6.00. The van der Waals surface area contributed by atoms with Gasteiger partial charge >= 0.3 is 5.97 Å². The molecule has 0 unspecified atom stereocenters. The first-order chi connectivity index (χ1) is 6.52. The van der Waals surface area contributed by atoms with Crippen molar-refractivity contribution in [1.82, 2.24) is 0 Å². The zero-order chi connectivity index (χ0) is 11.1. The van der Waals surface area contributed by atoms with E-state index in [1.165, 1.54) is 6.08 Å². The van der Waals surface area contributed by atoms with Crippen LogP contribution in [0.25, 0.3) is 0 Å². The predicted molar refractivity (Wildman–Crippen MR) is 57.5 cm³/mol. The largest absolute Gasteiger partial charge is 0.463 e. The number of hydrogen-bond acceptors (Lipinski definition) is 3. The highest BCUT2D eigenvalue weighted by Crippen LogP contribution is 2.19. The molecule has 0 saturated heterocycles. The van der Waals surface area contributed by atoms with Gasteiger partial charge in [0.15, 0.2) is 0 Å². The molecule has 82 valence electrons. The molecule has 0 aromatic rings. The lowest BCUT2D eigenvalue weighted by molar-refractivity contribution is -0.137. The highest BCUT2D eigenvalue weighted by molar-refractivity contribution is 5.82. The van der Waals surface area contributed by atoms with E-state index >= 15 is 0 Å². The quantitative estimate of drug-likeness (QED) is 0.544. The zero-order valence-corrected chi connectivity index (χ0v) is 9.54. The molecule has 2 atom stereocenters. The molecule has 0 bridgehead atoms. The molecular formula is C11H21NO2. The van der Waals surface area contributed by atoms with Crippen LogP contribution in [-0.4, -0.2) is 12.6 Å². The Morgan fingerprint density at radius 2 is 2.00 bits per heavy atom. The van der Waals surface area contributed by atoms with Crippen LogP contribution in [0.1, 0.15) is 34.1 Å². The number of ether oxygens (including phenoxy) is 1. The number of carbonyl (C=O) groups is 1. The average molecular weight is 199 g/mol. The van der Waals surface area contributed by atoms with Crippen molar-refractivity contribution in [2.75, 3.05) is 6.61 Å². The summed E-state index contributed by atoms with van der Waals surface area (Å²) in [4.78, 5) is 11.1. The molecule has 0 aromatic heterocycles. The van der Waals surface area contributed by atoms with Crippen LogP contribution in [0.4, 0.5) is 0 Å². The minimum atomic E-state index is -0.347. The fourth-order valence-corrected chi connectivity index (χ4v) is 1.13. The first-order valence-corrected chi connectivity index (χ1v) is 5.16. The van der Waals surface area contributed by atoms with Gasteiger partial charge in [-0.1, -0.05) is 27.2 Å². The molecule has 3 nitrogen and oxygen atoms in total. The van der Waals surface area contributed by atoms with Crippen molar-refractivity contribution >= 4 is 5.97 Å². The lowest BCUT2D eigenvalue weighted by atomic mass is 9.91. The summed E-state index contributed by atoms with van der Waals surface area (Å²) in [6.45, 7) is 8.43. The molecule has 3 heteroatoms. The second-order valence-corrected chi connectivity index (χ2v) is 3.57. The number of esters is 1. The van der Waals surface area contributed by atoms with Gasteiger partial charge in [0.1, 0.15) is 0 Å². The van der Waals surface area contributed by atoms with Crippen molar-refractivity contribution in [3.05, 3.63) is 11.8 Å². The third-order valence-electron chi connectivity index (χ3n) is 2.59. The predicted octanol–water partition coefficient (Wildman–Crippen LogP) is 2.07. The van der Waals surface area contributed by atoms with Gasteiger partial charge in [-0.05, 0) is 18.8 Å². The van der Waals surface area contributed by atoms with Gasteiger partial charge in [0.25, 0.3) is 0 Å². The maximum atomic E-state index is 11.1. The van der Waals surface area contributed by atoms with E-state index in [0.29, 0.717) is 18.2 Å². The summed E-state index contributed by atoms with van der Waals surface area (Å²) in [6.07, 6.45) is 2.44. The number of hydrogen-bond donors (Lipinski definition) is 1. The smallest absolute Gasteiger partial charge is 0.332 e. The van der Waals surface area contributed by atoms with E-state index in [-0.39, 0.29) is 11.9 Å². The van der Waals surface area contributed by atoms with E-state index in [2.05, 4.69) is 13.8 Å². The van der Waals surface area contributed by atoms with Gasteiger partial charge in [-0.25, -0.2) is 4.79 Å². The summed E-state index contributed by atoms with van der Waals surface area (Å²) in [6, 6.07) is 0. The van der Waals surface area contributed by atoms with Crippen LogP contribution in [0.5, 0.6) is 0 Å². The molecule has 0 spiro atoms. The number of rotatable bonds is 5. The molecule has 0 aliphatic heterocycles. The van der Waals surface area contributed by atoms with Gasteiger partial charge in [-0.2, -0.15) is 0 Å². The topological polar surface area (TPSA) is 52.3 Å². The summed E-state index contributed by atoms with van der Waals surface area (Å²) >= 11 is 0. The van der Waals surface area contributed by atoms with Crippen LogP contribution in [-0.2, 0) is 9.53 Å². The molecule has 0 aliphatic rings. The maximum absolute atomic E-state index is 11.1. The van der Waals surface area contributed by atoms with Crippen LogP contribution in [0.3, 0.4) is 0 Å². The molecule has 0 fully saturated rings. The highest BCUT2D eigenvalue weighted by atomic mass is 16.5. The summed E-state index contributed by atoms with van der Waals surface area (Å²) in [5.74, 6) is 0.366. The summed E-state index contributed by atoms with van der Waals surface area (Å²) < 4.78 is 4.78. The minimum Gasteiger partial charge on any atom is -0.463 e. The molecule has 0 aliphatic carbocycles. The van der Waals surface area contributed by atoms with E-state index < -0.39 is 0 Å². The van der Waals surface area contributed by atoms with Gasteiger partial charge in [-0.3, -0.25) is 0 Å². The third kappa shape index (κ3) is 4.30. The second-order valence-electron chi connectivity index (χ2n) is 3.57. The molecule has 2 N–H and O–H groups in total. The molecule has 0 aromatic carbocycles. The van der Waals surface area contributed by atoms with Gasteiger partial charge in [0.2, 0.25) is 0 Å². The molecule has 0 heterocycles. The Morgan fingerprint density at radius 1 is 1.43 bits per heavy atom. The van der Waals surface area contributed by atoms with Gasteiger partial charge in [-0.15, -0.1) is 0 Å². The fourth-order valence-electron chi connectivity index (χ4n) is 1.13. The van der Waals surface area contributed by atoms with Crippen molar-refractivity contribution in [3.8, 4) is 0 Å². The molecule has 0 rings (SSSR count). The standard InChI is InChI=1S/C11H21NO2/c1-5-8(3)9(4)10(12)7-11(13)14-6-2/h7-9H,5-6,12H2,1-4H3/b10-7+/t8-,9-/m1/s1. The molecular weight excluding hydrogens is 178 g/mol. The lowest BCUT2D eigenvalue weighted by Crippen LogP contribution is -2.18. The minimum absolute atomic E-state index is 0.226. The Balaban J connectivity index is 4.29. The van der Waals surface area contributed by atoms with Crippen molar-refractivity contribution in [1.29, 1.82) is 0 Å². The maximum Gasteiger partial charge on any atom is 0.332 e. The van der Waals surface area contributed by atoms with Crippen molar-refractivity contribution < 1.29 is 9.53 Å². The van der Waals surface area contributed by atoms with Crippen molar-refractivity contribution in [2.45, 2.75) is 34.1 Å². The Bertz CT molecular complexity index is 211. The molecule has 0 saturated carbocycles. The van der Waals surface area contributed by atoms with E-state index in [0.717, 1.165) is 6.42 Å². The molecule has 0 radical (unpaired) electrons. The number of carbonyl (C=O) groups excluding carboxylic acids is 1. The number of allylic oxidation sites excluding steroid dienone is 1. The highest BCUT2D eigenvalue weighted by Gasteiger charge is 2.13. The fraction of sp³-hybridized carbons (Fsp3) is 0.727. The summed E-state index contributed by atoms with van der Waals surface area (Å²) in [5, 5.41) is 0. The van der Waals surface area contributed by atoms with E-state index in [1.54, 1.807) is 6.92 Å². The van der Waals surface area contributed by atoms with Gasteiger partial charge in [0.05, 0.1) is 6.61 Å². The molecule has 14 heavy (non-hydrogen) atoms.